The molecule has 2 aromatic heterocycles. The monoisotopic (exact) mass is 277 g/mol. The Kier molecular flexibility index (Phi) is 3.92. The molecule has 20 heavy (non-hydrogen) atoms. The molecule has 8 heteroatoms. The number of carbonyl (C=O) groups is 1. The van der Waals surface area contributed by atoms with Crippen molar-refractivity contribution in [3.8, 4) is 0 Å². The fourth-order valence-electron chi connectivity index (χ4n) is 2.08. The van der Waals surface area contributed by atoms with Crippen LogP contribution in [0.15, 0.2) is 11.1 Å². The van der Waals surface area contributed by atoms with E-state index in [1.165, 1.54) is 10.9 Å². The Hall–Kier alpha value is -2.51. The molecule has 0 saturated heterocycles. The minimum absolute atomic E-state index is 0.146. The van der Waals surface area contributed by atoms with E-state index in [0.29, 0.717) is 35.7 Å². The summed E-state index contributed by atoms with van der Waals surface area (Å²) in [4.78, 5) is 30.7. The van der Waals surface area contributed by atoms with Gasteiger partial charge in [0.05, 0.1) is 6.42 Å². The number of aromatic nitrogens is 5. The molecule has 106 valence electrons. The number of hydrogen-bond donors (Lipinski definition) is 2. The van der Waals surface area contributed by atoms with Gasteiger partial charge in [0.2, 0.25) is 0 Å². The summed E-state index contributed by atoms with van der Waals surface area (Å²) in [5.41, 5.74) is 1.29. The third-order valence-corrected chi connectivity index (χ3v) is 3.14. The zero-order valence-electron chi connectivity index (χ0n) is 11.3. The summed E-state index contributed by atoms with van der Waals surface area (Å²) in [7, 11) is 0. The first-order valence-corrected chi connectivity index (χ1v) is 6.12. The Morgan fingerprint density at radius 1 is 1.45 bits per heavy atom. The van der Waals surface area contributed by atoms with Crippen LogP contribution in [-0.4, -0.2) is 35.8 Å². The Bertz CT molecular complexity index is 675. The van der Waals surface area contributed by atoms with Gasteiger partial charge in [-0.1, -0.05) is 0 Å². The lowest BCUT2D eigenvalue weighted by atomic mass is 10.1. The predicted molar refractivity (Wildman–Crippen MR) is 69.4 cm³/mol. The molecular weight excluding hydrogens is 262 g/mol. The predicted octanol–water partition coefficient (Wildman–Crippen LogP) is -0.152. The van der Waals surface area contributed by atoms with Gasteiger partial charge in [-0.05, 0) is 13.8 Å². The molecule has 0 aromatic carbocycles. The largest absolute Gasteiger partial charge is 0.481 e. The number of rotatable bonds is 5. The highest BCUT2D eigenvalue weighted by atomic mass is 16.4. The van der Waals surface area contributed by atoms with Crippen molar-refractivity contribution in [3.63, 3.8) is 0 Å². The van der Waals surface area contributed by atoms with Crippen molar-refractivity contribution < 1.29 is 9.90 Å². The van der Waals surface area contributed by atoms with Gasteiger partial charge in [0.25, 0.3) is 0 Å². The van der Waals surface area contributed by atoms with Crippen LogP contribution in [0, 0.1) is 13.8 Å². The number of nitrogens with zero attached hydrogens (tertiary/aromatic N) is 4. The molecule has 0 saturated carbocycles. The van der Waals surface area contributed by atoms with Gasteiger partial charge < -0.3 is 5.11 Å². The van der Waals surface area contributed by atoms with Gasteiger partial charge in [0, 0.05) is 29.9 Å². The molecule has 2 rings (SSSR count). The molecule has 2 heterocycles. The third kappa shape index (κ3) is 2.90. The van der Waals surface area contributed by atoms with E-state index in [2.05, 4.69) is 20.2 Å². The highest BCUT2D eigenvalue weighted by Crippen LogP contribution is 2.10. The lowest BCUT2D eigenvalue weighted by molar-refractivity contribution is -0.136. The summed E-state index contributed by atoms with van der Waals surface area (Å²) in [6.07, 6.45) is 1.75. The maximum absolute atomic E-state index is 11.9. The summed E-state index contributed by atoms with van der Waals surface area (Å²) in [6.45, 7) is 3.75. The van der Waals surface area contributed by atoms with Crippen LogP contribution < -0.4 is 5.69 Å². The Balaban J connectivity index is 2.32. The second kappa shape index (κ2) is 5.64. The van der Waals surface area contributed by atoms with Crippen molar-refractivity contribution in [2.75, 3.05) is 0 Å². The summed E-state index contributed by atoms with van der Waals surface area (Å²) in [6, 6.07) is 0. The van der Waals surface area contributed by atoms with E-state index in [9.17, 15) is 9.59 Å². The molecular formula is C12H15N5O3. The molecule has 0 radical (unpaired) electrons. The number of aromatic amines is 1. The van der Waals surface area contributed by atoms with Crippen LogP contribution >= 0.6 is 0 Å². The maximum Gasteiger partial charge on any atom is 0.347 e. The first kappa shape index (κ1) is 13.9. The van der Waals surface area contributed by atoms with E-state index in [-0.39, 0.29) is 12.1 Å². The van der Waals surface area contributed by atoms with Gasteiger partial charge in [0.1, 0.15) is 12.2 Å². The Morgan fingerprint density at radius 2 is 2.20 bits per heavy atom. The van der Waals surface area contributed by atoms with Crippen LogP contribution in [0.1, 0.15) is 22.8 Å². The number of carboxylic acid groups (broad SMARTS) is 1. The fourth-order valence-corrected chi connectivity index (χ4v) is 2.08. The van der Waals surface area contributed by atoms with Crippen molar-refractivity contribution in [1.29, 1.82) is 0 Å². The summed E-state index contributed by atoms with van der Waals surface area (Å²) in [5, 5.41) is 15.4. The van der Waals surface area contributed by atoms with Crippen molar-refractivity contribution >= 4 is 5.97 Å². The van der Waals surface area contributed by atoms with Gasteiger partial charge in [-0.3, -0.25) is 14.5 Å². The topological polar surface area (TPSA) is 114 Å². The molecule has 0 unspecified atom stereocenters. The second-order valence-electron chi connectivity index (χ2n) is 4.45. The Morgan fingerprint density at radius 3 is 2.80 bits per heavy atom. The molecule has 2 aromatic rings. The first-order chi connectivity index (χ1) is 9.49. The smallest absolute Gasteiger partial charge is 0.347 e. The number of aliphatic carboxylic acids is 1. The quantitative estimate of drug-likeness (QED) is 0.785. The highest BCUT2D eigenvalue weighted by Gasteiger charge is 2.14. The summed E-state index contributed by atoms with van der Waals surface area (Å²) in [5.74, 6) is -0.282. The van der Waals surface area contributed by atoms with Crippen molar-refractivity contribution in [3.05, 3.63) is 39.6 Å². The molecule has 0 atom stereocenters. The second-order valence-corrected chi connectivity index (χ2v) is 4.45. The molecule has 0 fully saturated rings. The molecule has 0 bridgehead atoms. The molecule has 0 aliphatic rings. The van der Waals surface area contributed by atoms with Crippen LogP contribution in [0.3, 0.4) is 0 Å². The van der Waals surface area contributed by atoms with E-state index in [4.69, 9.17) is 5.11 Å². The van der Waals surface area contributed by atoms with Gasteiger partial charge in [-0.15, -0.1) is 0 Å². The molecule has 0 aliphatic carbocycles. The molecule has 0 aliphatic heterocycles. The normalized spacial score (nSPS) is 10.7. The standard InChI is InChI=1S/C12H15N5O3/c1-7-9(5-11(18)19)8(2)17(12(20)15-7)4-3-10-13-6-14-16-10/h6H,3-5H2,1-2H3,(H,18,19)(H,13,14,16). The fraction of sp³-hybridized carbons (Fsp3) is 0.417. The molecule has 2 N–H and O–H groups in total. The van der Waals surface area contributed by atoms with E-state index in [1.807, 2.05) is 0 Å². The zero-order valence-corrected chi connectivity index (χ0v) is 11.3. The number of aryl methyl sites for hydroxylation is 2. The maximum atomic E-state index is 11.9. The van der Waals surface area contributed by atoms with Gasteiger partial charge in [-0.2, -0.15) is 10.1 Å². The molecule has 0 amide bonds. The van der Waals surface area contributed by atoms with E-state index < -0.39 is 5.97 Å². The van der Waals surface area contributed by atoms with Crippen molar-refractivity contribution in [1.82, 2.24) is 24.7 Å². The van der Waals surface area contributed by atoms with Gasteiger partial charge in [0.15, 0.2) is 0 Å². The van der Waals surface area contributed by atoms with Gasteiger partial charge in [-0.25, -0.2) is 9.78 Å². The van der Waals surface area contributed by atoms with Gasteiger partial charge >= 0.3 is 11.7 Å². The minimum Gasteiger partial charge on any atom is -0.481 e. The van der Waals surface area contributed by atoms with Crippen LogP contribution in [-0.2, 0) is 24.2 Å². The average molecular weight is 277 g/mol. The third-order valence-electron chi connectivity index (χ3n) is 3.14. The van der Waals surface area contributed by atoms with Crippen LogP contribution in [0.25, 0.3) is 0 Å². The number of H-pyrrole nitrogens is 1. The molecule has 8 nitrogen and oxygen atoms in total. The number of nitrogens with one attached hydrogen (secondary N) is 1. The number of hydrogen-bond acceptors (Lipinski definition) is 5. The van der Waals surface area contributed by atoms with Crippen molar-refractivity contribution in [2.45, 2.75) is 33.2 Å². The number of carboxylic acids is 1. The van der Waals surface area contributed by atoms with Crippen LogP contribution in [0.4, 0.5) is 0 Å². The summed E-state index contributed by atoms with van der Waals surface area (Å²) < 4.78 is 1.47. The highest BCUT2D eigenvalue weighted by molar-refractivity contribution is 5.70. The van der Waals surface area contributed by atoms with E-state index >= 15 is 0 Å². The summed E-state index contributed by atoms with van der Waals surface area (Å²) >= 11 is 0. The minimum atomic E-state index is -0.946. The Labute approximate surface area is 114 Å². The van der Waals surface area contributed by atoms with Crippen molar-refractivity contribution in [2.24, 2.45) is 0 Å². The van der Waals surface area contributed by atoms with E-state index in [0.717, 1.165) is 0 Å². The average Bonchev–Trinajstić information content (AvgIpc) is 2.87. The van der Waals surface area contributed by atoms with E-state index in [1.54, 1.807) is 13.8 Å². The lowest BCUT2D eigenvalue weighted by Crippen LogP contribution is -2.29. The molecule has 0 spiro atoms. The van der Waals surface area contributed by atoms with Crippen LogP contribution in [0.2, 0.25) is 0 Å². The first-order valence-electron chi connectivity index (χ1n) is 6.12. The lowest BCUT2D eigenvalue weighted by Gasteiger charge is -2.13. The van der Waals surface area contributed by atoms with Crippen LogP contribution in [0.5, 0.6) is 0 Å². The zero-order chi connectivity index (χ0) is 14.7. The SMILES string of the molecule is Cc1nc(=O)n(CCc2ncn[nH]2)c(C)c1CC(=O)O.